The lowest BCUT2D eigenvalue weighted by Crippen LogP contribution is -2.28. The van der Waals surface area contributed by atoms with Crippen LogP contribution in [0.5, 0.6) is 0 Å². The number of aryl methyl sites for hydroxylation is 1. The number of rotatable bonds is 5. The molecule has 0 aliphatic rings. The first kappa shape index (κ1) is 12.7. The number of carbonyl (C=O) groups is 1. The van der Waals surface area contributed by atoms with Crippen molar-refractivity contribution in [2.45, 2.75) is 19.8 Å². The molecule has 0 aliphatic heterocycles. The summed E-state index contributed by atoms with van der Waals surface area (Å²) in [6.07, 6.45) is 1.56. The maximum Gasteiger partial charge on any atom is 0.227 e. The summed E-state index contributed by atoms with van der Waals surface area (Å²) in [6, 6.07) is 8.13. The molecule has 1 aromatic rings. The van der Waals surface area contributed by atoms with Gasteiger partial charge in [-0.05, 0) is 31.2 Å². The van der Waals surface area contributed by atoms with Gasteiger partial charge in [0.15, 0.2) is 0 Å². The van der Waals surface area contributed by atoms with Crippen LogP contribution in [0.3, 0.4) is 0 Å². The van der Waals surface area contributed by atoms with Gasteiger partial charge in [0.25, 0.3) is 0 Å². The highest BCUT2D eigenvalue weighted by Gasteiger charge is 2.09. The molecular formula is C13H20N2O. The highest BCUT2D eigenvalue weighted by molar-refractivity contribution is 5.92. The normalized spacial score (nSPS) is 10.2. The van der Waals surface area contributed by atoms with Crippen molar-refractivity contribution < 1.29 is 4.79 Å². The smallest absolute Gasteiger partial charge is 0.227 e. The van der Waals surface area contributed by atoms with Crippen molar-refractivity contribution in [3.63, 3.8) is 0 Å². The molecule has 0 aliphatic carbocycles. The Morgan fingerprint density at radius 2 is 1.94 bits per heavy atom. The molecule has 3 heteroatoms. The fourth-order valence-corrected chi connectivity index (χ4v) is 1.50. The molecule has 0 atom stereocenters. The van der Waals surface area contributed by atoms with Gasteiger partial charge in [0.1, 0.15) is 0 Å². The average Bonchev–Trinajstić information content (AvgIpc) is 2.35. The summed E-state index contributed by atoms with van der Waals surface area (Å²) in [4.78, 5) is 13.4. The number of anilines is 1. The van der Waals surface area contributed by atoms with Crippen molar-refractivity contribution in [3.05, 3.63) is 29.8 Å². The van der Waals surface area contributed by atoms with Gasteiger partial charge in [0, 0.05) is 25.7 Å². The van der Waals surface area contributed by atoms with Crippen LogP contribution in [-0.4, -0.2) is 26.5 Å². The molecule has 1 N–H and O–H groups in total. The number of benzene rings is 1. The van der Waals surface area contributed by atoms with Crippen LogP contribution in [0.15, 0.2) is 24.3 Å². The monoisotopic (exact) mass is 220 g/mol. The van der Waals surface area contributed by atoms with E-state index in [4.69, 9.17) is 0 Å². The summed E-state index contributed by atoms with van der Waals surface area (Å²) >= 11 is 0. The fraction of sp³-hybridized carbons (Fsp3) is 0.462. The van der Waals surface area contributed by atoms with Crippen LogP contribution in [-0.2, 0) is 11.2 Å². The van der Waals surface area contributed by atoms with Gasteiger partial charge in [-0.2, -0.15) is 0 Å². The molecule has 0 saturated carbocycles. The lowest BCUT2D eigenvalue weighted by molar-refractivity contribution is -0.118. The summed E-state index contributed by atoms with van der Waals surface area (Å²) in [5, 5.41) is 2.98. The van der Waals surface area contributed by atoms with Crippen molar-refractivity contribution in [3.8, 4) is 0 Å². The fourth-order valence-electron chi connectivity index (χ4n) is 1.50. The lowest BCUT2D eigenvalue weighted by Gasteiger charge is -2.17. The first-order valence-electron chi connectivity index (χ1n) is 5.69. The van der Waals surface area contributed by atoms with E-state index in [-0.39, 0.29) is 5.91 Å². The van der Waals surface area contributed by atoms with E-state index >= 15 is 0 Å². The Kier molecular flexibility index (Phi) is 4.99. The van der Waals surface area contributed by atoms with Gasteiger partial charge in [0.2, 0.25) is 5.91 Å². The van der Waals surface area contributed by atoms with Crippen LogP contribution >= 0.6 is 0 Å². The number of nitrogens with one attached hydrogen (secondary N) is 1. The molecule has 0 bridgehead atoms. The summed E-state index contributed by atoms with van der Waals surface area (Å²) < 4.78 is 0. The highest BCUT2D eigenvalue weighted by Crippen LogP contribution is 2.14. The Morgan fingerprint density at radius 3 is 2.44 bits per heavy atom. The van der Waals surface area contributed by atoms with Crippen LogP contribution in [0.25, 0.3) is 0 Å². The third-order valence-electron chi connectivity index (χ3n) is 2.69. The summed E-state index contributed by atoms with van der Waals surface area (Å²) in [5.41, 5.74) is 2.25. The second-order valence-corrected chi connectivity index (χ2v) is 3.83. The molecular weight excluding hydrogens is 200 g/mol. The Bertz CT molecular complexity index is 332. The summed E-state index contributed by atoms with van der Waals surface area (Å²) in [5.74, 6) is 0.138. The Balaban J connectivity index is 2.64. The summed E-state index contributed by atoms with van der Waals surface area (Å²) in [7, 11) is 3.67. The maximum absolute atomic E-state index is 11.7. The van der Waals surface area contributed by atoms with E-state index in [1.165, 1.54) is 5.56 Å². The predicted molar refractivity (Wildman–Crippen MR) is 67.8 cm³/mol. The zero-order valence-electron chi connectivity index (χ0n) is 10.3. The van der Waals surface area contributed by atoms with E-state index in [1.807, 2.05) is 26.2 Å². The zero-order chi connectivity index (χ0) is 12.0. The molecule has 0 spiro atoms. The molecule has 0 aromatic heterocycles. The summed E-state index contributed by atoms with van der Waals surface area (Å²) in [6.45, 7) is 2.84. The van der Waals surface area contributed by atoms with Gasteiger partial charge in [-0.3, -0.25) is 4.79 Å². The third-order valence-corrected chi connectivity index (χ3v) is 2.69. The van der Waals surface area contributed by atoms with Crippen molar-refractivity contribution in [2.24, 2.45) is 0 Å². The van der Waals surface area contributed by atoms with Crippen LogP contribution in [0, 0.1) is 0 Å². The topological polar surface area (TPSA) is 32.3 Å². The average molecular weight is 220 g/mol. The molecule has 0 heterocycles. The quantitative estimate of drug-likeness (QED) is 0.821. The van der Waals surface area contributed by atoms with E-state index < -0.39 is 0 Å². The Labute approximate surface area is 97.5 Å². The SMILES string of the molecule is CCc1ccc(N(C)C(=O)CCNC)cc1. The molecule has 3 nitrogen and oxygen atoms in total. The number of hydrogen-bond acceptors (Lipinski definition) is 2. The molecule has 0 unspecified atom stereocenters. The number of hydrogen-bond donors (Lipinski definition) is 1. The molecule has 1 aromatic carbocycles. The largest absolute Gasteiger partial charge is 0.319 e. The van der Waals surface area contributed by atoms with Crippen molar-refractivity contribution in [1.82, 2.24) is 5.32 Å². The molecule has 0 saturated heterocycles. The zero-order valence-corrected chi connectivity index (χ0v) is 10.3. The lowest BCUT2D eigenvalue weighted by atomic mass is 10.1. The number of nitrogens with zero attached hydrogens (tertiary/aromatic N) is 1. The van der Waals surface area contributed by atoms with Crippen LogP contribution in [0.2, 0.25) is 0 Å². The maximum atomic E-state index is 11.7. The standard InChI is InChI=1S/C13H20N2O/c1-4-11-5-7-12(8-6-11)15(3)13(16)9-10-14-2/h5-8,14H,4,9-10H2,1-3H3. The molecule has 0 radical (unpaired) electrons. The molecule has 1 rings (SSSR count). The minimum atomic E-state index is 0.138. The van der Waals surface area contributed by atoms with Gasteiger partial charge in [-0.25, -0.2) is 0 Å². The Morgan fingerprint density at radius 1 is 1.31 bits per heavy atom. The van der Waals surface area contributed by atoms with E-state index in [9.17, 15) is 4.79 Å². The van der Waals surface area contributed by atoms with Crippen molar-refractivity contribution in [2.75, 3.05) is 25.5 Å². The van der Waals surface area contributed by atoms with E-state index in [0.29, 0.717) is 6.42 Å². The molecule has 16 heavy (non-hydrogen) atoms. The molecule has 88 valence electrons. The molecule has 0 fully saturated rings. The predicted octanol–water partition coefficient (Wildman–Crippen LogP) is 1.82. The van der Waals surface area contributed by atoms with Crippen molar-refractivity contribution in [1.29, 1.82) is 0 Å². The Hall–Kier alpha value is -1.35. The van der Waals surface area contributed by atoms with E-state index in [1.54, 1.807) is 4.90 Å². The van der Waals surface area contributed by atoms with Gasteiger partial charge < -0.3 is 10.2 Å². The molecule has 1 amide bonds. The van der Waals surface area contributed by atoms with E-state index in [2.05, 4.69) is 24.4 Å². The van der Waals surface area contributed by atoms with Gasteiger partial charge in [-0.15, -0.1) is 0 Å². The first-order valence-corrected chi connectivity index (χ1v) is 5.69. The second-order valence-electron chi connectivity index (χ2n) is 3.83. The third kappa shape index (κ3) is 3.35. The van der Waals surface area contributed by atoms with Crippen molar-refractivity contribution >= 4 is 11.6 Å². The van der Waals surface area contributed by atoms with Crippen LogP contribution in [0.1, 0.15) is 18.9 Å². The minimum Gasteiger partial charge on any atom is -0.319 e. The van der Waals surface area contributed by atoms with Gasteiger partial charge >= 0.3 is 0 Å². The number of carbonyl (C=O) groups excluding carboxylic acids is 1. The van der Waals surface area contributed by atoms with Crippen LogP contribution < -0.4 is 10.2 Å². The second kappa shape index (κ2) is 6.28. The van der Waals surface area contributed by atoms with Gasteiger partial charge in [-0.1, -0.05) is 19.1 Å². The highest BCUT2D eigenvalue weighted by atomic mass is 16.2. The minimum absolute atomic E-state index is 0.138. The first-order chi connectivity index (χ1) is 7.69. The number of amides is 1. The van der Waals surface area contributed by atoms with Crippen LogP contribution in [0.4, 0.5) is 5.69 Å². The van der Waals surface area contributed by atoms with E-state index in [0.717, 1.165) is 18.7 Å². The van der Waals surface area contributed by atoms with Gasteiger partial charge in [0.05, 0.1) is 0 Å².